The zero-order chi connectivity index (χ0) is 10.7. The number of benzene rings is 1. The van der Waals surface area contributed by atoms with Crippen molar-refractivity contribution in [3.8, 4) is 0 Å². The molecule has 4 heteroatoms. The van der Waals surface area contributed by atoms with Crippen molar-refractivity contribution >= 4 is 18.2 Å². The molecule has 1 aliphatic heterocycles. The highest BCUT2D eigenvalue weighted by molar-refractivity contribution is 6.05. The number of aldehydes is 1. The van der Waals surface area contributed by atoms with Crippen LogP contribution in [0, 0.1) is 0 Å². The first-order valence-corrected chi connectivity index (χ1v) is 4.57. The number of esters is 1. The average molecular weight is 203 g/mol. The molecule has 0 unspecified atom stereocenters. The first-order valence-electron chi connectivity index (χ1n) is 4.57. The summed E-state index contributed by atoms with van der Waals surface area (Å²) in [7, 11) is 0. The van der Waals surface area contributed by atoms with Crippen LogP contribution >= 0.6 is 0 Å². The molecule has 1 aromatic carbocycles. The Hall–Kier alpha value is -1.97. The Balaban J connectivity index is 2.09. The van der Waals surface area contributed by atoms with Gasteiger partial charge in [-0.2, -0.15) is 0 Å². The molecular weight excluding hydrogens is 194 g/mol. The molecule has 2 rings (SSSR count). The van der Waals surface area contributed by atoms with E-state index < -0.39 is 12.0 Å². The third-order valence-electron chi connectivity index (χ3n) is 2.07. The van der Waals surface area contributed by atoms with Crippen molar-refractivity contribution in [1.29, 1.82) is 0 Å². The Bertz CT molecular complexity index is 411. The molecule has 0 bridgehead atoms. The average Bonchev–Trinajstić information content (AvgIpc) is 2.60. The fourth-order valence-corrected chi connectivity index (χ4v) is 1.35. The molecule has 76 valence electrons. The molecule has 0 amide bonds. The molecule has 0 radical (unpaired) electrons. The van der Waals surface area contributed by atoms with Crippen LogP contribution in [0.5, 0.6) is 0 Å². The lowest BCUT2D eigenvalue weighted by molar-refractivity contribution is -0.136. The van der Waals surface area contributed by atoms with E-state index in [1.807, 2.05) is 30.3 Å². The van der Waals surface area contributed by atoms with Crippen LogP contribution in [0.25, 0.3) is 0 Å². The molecule has 1 heterocycles. The van der Waals surface area contributed by atoms with Crippen LogP contribution in [0.4, 0.5) is 0 Å². The highest BCUT2D eigenvalue weighted by atomic mass is 16.6. The van der Waals surface area contributed by atoms with Crippen molar-refractivity contribution in [3.05, 3.63) is 35.9 Å². The Labute approximate surface area is 86.6 Å². The van der Waals surface area contributed by atoms with E-state index in [0.29, 0.717) is 18.6 Å². The van der Waals surface area contributed by atoms with Crippen molar-refractivity contribution in [1.82, 2.24) is 0 Å². The molecule has 1 aromatic rings. The summed E-state index contributed by atoms with van der Waals surface area (Å²) in [5, 5.41) is 0. The summed E-state index contributed by atoms with van der Waals surface area (Å²) in [6.45, 7) is 0. The zero-order valence-electron chi connectivity index (χ0n) is 7.92. The number of hydrogen-bond donors (Lipinski definition) is 0. The maximum absolute atomic E-state index is 11.0. The van der Waals surface area contributed by atoms with E-state index in [0.717, 1.165) is 5.56 Å². The molecule has 1 aliphatic rings. The molecule has 4 nitrogen and oxygen atoms in total. The van der Waals surface area contributed by atoms with Crippen LogP contribution in [0.1, 0.15) is 5.56 Å². The van der Waals surface area contributed by atoms with Gasteiger partial charge in [-0.3, -0.25) is 0 Å². The third-order valence-corrected chi connectivity index (χ3v) is 2.07. The third kappa shape index (κ3) is 2.10. The molecule has 0 spiro atoms. The van der Waals surface area contributed by atoms with Gasteiger partial charge in [-0.15, -0.1) is 0 Å². The van der Waals surface area contributed by atoms with Gasteiger partial charge in [0.2, 0.25) is 6.04 Å². The number of carbonyl (C=O) groups excluding carboxylic acids is 2. The second-order valence-electron chi connectivity index (χ2n) is 3.19. The van der Waals surface area contributed by atoms with Crippen molar-refractivity contribution < 1.29 is 14.3 Å². The molecule has 1 atom stereocenters. The van der Waals surface area contributed by atoms with Crippen LogP contribution in [-0.2, 0) is 20.7 Å². The first-order chi connectivity index (χ1) is 7.29. The molecule has 0 aliphatic carbocycles. The summed E-state index contributed by atoms with van der Waals surface area (Å²) >= 11 is 0. The molecule has 15 heavy (non-hydrogen) atoms. The zero-order valence-corrected chi connectivity index (χ0v) is 7.92. The van der Waals surface area contributed by atoms with Crippen molar-refractivity contribution in [2.45, 2.75) is 12.5 Å². The van der Waals surface area contributed by atoms with Crippen molar-refractivity contribution in [3.63, 3.8) is 0 Å². The quantitative estimate of drug-likeness (QED) is 0.414. The minimum Gasteiger partial charge on any atom is -0.410 e. The largest absolute Gasteiger partial charge is 0.410 e. The van der Waals surface area contributed by atoms with Gasteiger partial charge in [0.05, 0.1) is 0 Å². The predicted octanol–water partition coefficient (Wildman–Crippen LogP) is 0.752. The van der Waals surface area contributed by atoms with Gasteiger partial charge in [0.25, 0.3) is 0 Å². The summed E-state index contributed by atoms with van der Waals surface area (Å²) in [4.78, 5) is 25.3. The number of aliphatic imine (C=N–C) groups is 1. The Morgan fingerprint density at radius 3 is 2.67 bits per heavy atom. The molecule has 0 aromatic heterocycles. The SMILES string of the molecule is O=C[C@H]1N=C(Cc2ccccc2)OC1=O. The summed E-state index contributed by atoms with van der Waals surface area (Å²) < 4.78 is 4.85. The van der Waals surface area contributed by atoms with Gasteiger partial charge in [-0.25, -0.2) is 9.79 Å². The summed E-state index contributed by atoms with van der Waals surface area (Å²) in [6, 6.07) is 8.53. The molecule has 0 saturated carbocycles. The van der Waals surface area contributed by atoms with Crippen LogP contribution in [0.15, 0.2) is 35.3 Å². The second-order valence-corrected chi connectivity index (χ2v) is 3.19. The minimum atomic E-state index is -0.969. The van der Waals surface area contributed by atoms with E-state index >= 15 is 0 Å². The summed E-state index contributed by atoms with van der Waals surface area (Å²) in [5.41, 5.74) is 0.996. The highest BCUT2D eigenvalue weighted by Crippen LogP contribution is 2.09. The molecular formula is C11H9NO3. The van der Waals surface area contributed by atoms with Crippen molar-refractivity contribution in [2.24, 2.45) is 4.99 Å². The normalized spacial score (nSPS) is 19.6. The fraction of sp³-hybridized carbons (Fsp3) is 0.182. The molecule has 0 N–H and O–H groups in total. The van der Waals surface area contributed by atoms with E-state index in [1.54, 1.807) is 0 Å². The second kappa shape index (κ2) is 4.04. The van der Waals surface area contributed by atoms with Crippen molar-refractivity contribution in [2.75, 3.05) is 0 Å². The van der Waals surface area contributed by atoms with Gasteiger partial charge in [0.1, 0.15) is 0 Å². The first kappa shape index (κ1) is 9.58. The number of hydrogen-bond acceptors (Lipinski definition) is 4. The fourth-order valence-electron chi connectivity index (χ4n) is 1.35. The monoisotopic (exact) mass is 203 g/mol. The van der Waals surface area contributed by atoms with Gasteiger partial charge >= 0.3 is 5.97 Å². The Morgan fingerprint density at radius 2 is 2.07 bits per heavy atom. The molecule has 0 fully saturated rings. The minimum absolute atomic E-state index is 0.309. The van der Waals surface area contributed by atoms with E-state index in [2.05, 4.69) is 4.99 Å². The van der Waals surface area contributed by atoms with E-state index in [-0.39, 0.29) is 0 Å². The Morgan fingerprint density at radius 1 is 1.33 bits per heavy atom. The topological polar surface area (TPSA) is 55.7 Å². The lowest BCUT2D eigenvalue weighted by Crippen LogP contribution is -2.16. The van der Waals surface area contributed by atoms with E-state index in [1.165, 1.54) is 0 Å². The predicted molar refractivity (Wildman–Crippen MR) is 53.5 cm³/mol. The maximum Gasteiger partial charge on any atom is 0.344 e. The lowest BCUT2D eigenvalue weighted by atomic mass is 10.1. The van der Waals surface area contributed by atoms with Crippen LogP contribution in [0.2, 0.25) is 0 Å². The number of cyclic esters (lactones) is 1. The number of ether oxygens (including phenoxy) is 1. The van der Waals surface area contributed by atoms with Crippen LogP contribution in [0.3, 0.4) is 0 Å². The van der Waals surface area contributed by atoms with Gasteiger partial charge in [-0.1, -0.05) is 30.3 Å². The standard InChI is InChI=1S/C11H9NO3/c13-7-9-11(14)15-10(12-9)6-8-4-2-1-3-5-8/h1-5,7,9H,6H2/t9-/m1/s1. The number of nitrogens with zero attached hydrogens (tertiary/aromatic N) is 1. The van der Waals surface area contributed by atoms with Gasteiger partial charge in [0, 0.05) is 6.42 Å². The lowest BCUT2D eigenvalue weighted by Gasteiger charge is -1.99. The summed E-state index contributed by atoms with van der Waals surface area (Å²) in [6.07, 6.45) is 0.928. The van der Waals surface area contributed by atoms with E-state index in [4.69, 9.17) is 4.74 Å². The van der Waals surface area contributed by atoms with E-state index in [9.17, 15) is 9.59 Å². The van der Waals surface area contributed by atoms with Gasteiger partial charge < -0.3 is 9.53 Å². The molecule has 0 saturated heterocycles. The van der Waals surface area contributed by atoms with Crippen LogP contribution < -0.4 is 0 Å². The smallest absolute Gasteiger partial charge is 0.344 e. The Kier molecular flexibility index (Phi) is 2.58. The maximum atomic E-state index is 11.0. The van der Waals surface area contributed by atoms with Gasteiger partial charge in [-0.05, 0) is 5.56 Å². The van der Waals surface area contributed by atoms with Crippen LogP contribution in [-0.4, -0.2) is 24.2 Å². The van der Waals surface area contributed by atoms with Gasteiger partial charge in [0.15, 0.2) is 12.2 Å². The highest BCUT2D eigenvalue weighted by Gasteiger charge is 2.28. The number of carbonyl (C=O) groups is 2. The number of rotatable bonds is 3. The summed E-state index contributed by atoms with van der Waals surface area (Å²) in [5.74, 6) is -0.278.